The van der Waals surface area contributed by atoms with E-state index in [1.54, 1.807) is 6.92 Å². The van der Waals surface area contributed by atoms with Gasteiger partial charge in [-0.25, -0.2) is 17.9 Å². The van der Waals surface area contributed by atoms with E-state index in [4.69, 9.17) is 9.47 Å². The smallest absolute Gasteiger partial charge is 0.411 e. The summed E-state index contributed by atoms with van der Waals surface area (Å²) >= 11 is 0. The van der Waals surface area contributed by atoms with Crippen LogP contribution < -0.4 is 14.8 Å². The lowest BCUT2D eigenvalue weighted by molar-refractivity contribution is 0.168. The molecule has 7 nitrogen and oxygen atoms in total. The Hall–Kier alpha value is -1.80. The number of anilines is 1. The van der Waals surface area contributed by atoms with Gasteiger partial charge in [-0.2, -0.15) is 0 Å². The highest BCUT2D eigenvalue weighted by molar-refractivity contribution is 7.89. The highest BCUT2D eigenvalue weighted by atomic mass is 32.2. The Bertz CT molecular complexity index is 629. The molecule has 1 aromatic rings. The van der Waals surface area contributed by atoms with Crippen LogP contribution in [0.25, 0.3) is 0 Å². The predicted octanol–water partition coefficient (Wildman–Crippen LogP) is 2.59. The summed E-state index contributed by atoms with van der Waals surface area (Å²) < 4.78 is 37.0. The van der Waals surface area contributed by atoms with Crippen LogP contribution >= 0.6 is 0 Å². The van der Waals surface area contributed by atoms with Crippen molar-refractivity contribution in [3.8, 4) is 5.75 Å². The van der Waals surface area contributed by atoms with Crippen molar-refractivity contribution < 1.29 is 22.7 Å². The summed E-state index contributed by atoms with van der Waals surface area (Å²) in [6, 6.07) is 4.25. The van der Waals surface area contributed by atoms with Crippen LogP contribution in [0.4, 0.5) is 10.5 Å². The molecule has 130 valence electrons. The number of methoxy groups -OCH3 is 1. The van der Waals surface area contributed by atoms with Gasteiger partial charge in [0.25, 0.3) is 0 Å². The zero-order valence-corrected chi connectivity index (χ0v) is 14.7. The first-order valence-electron chi connectivity index (χ1n) is 7.41. The highest BCUT2D eigenvalue weighted by Crippen LogP contribution is 2.27. The van der Waals surface area contributed by atoms with E-state index in [-0.39, 0.29) is 17.2 Å². The van der Waals surface area contributed by atoms with Gasteiger partial charge in [-0.1, -0.05) is 13.8 Å². The molecule has 0 aliphatic carbocycles. The van der Waals surface area contributed by atoms with E-state index in [9.17, 15) is 13.2 Å². The third-order valence-corrected chi connectivity index (χ3v) is 4.47. The van der Waals surface area contributed by atoms with Crippen LogP contribution in [0.3, 0.4) is 0 Å². The number of nitrogens with one attached hydrogen (secondary N) is 2. The van der Waals surface area contributed by atoms with Crippen molar-refractivity contribution in [3.05, 3.63) is 18.2 Å². The van der Waals surface area contributed by atoms with Crippen molar-refractivity contribution in [2.45, 2.75) is 32.1 Å². The summed E-state index contributed by atoms with van der Waals surface area (Å²) in [5.74, 6) is 0.744. The number of sulfonamides is 1. The molecule has 0 heterocycles. The molecule has 1 aromatic carbocycles. The van der Waals surface area contributed by atoms with E-state index in [0.717, 1.165) is 6.42 Å². The molecule has 23 heavy (non-hydrogen) atoms. The molecule has 0 bridgehead atoms. The Morgan fingerprint density at radius 1 is 1.30 bits per heavy atom. The topological polar surface area (TPSA) is 93.7 Å². The van der Waals surface area contributed by atoms with E-state index < -0.39 is 16.1 Å². The minimum atomic E-state index is -3.65. The van der Waals surface area contributed by atoms with Gasteiger partial charge < -0.3 is 9.47 Å². The Kier molecular flexibility index (Phi) is 7.31. The lowest BCUT2D eigenvalue weighted by Crippen LogP contribution is -2.26. The number of ether oxygens (including phenoxy) is 2. The molecular formula is C15H24N2O5S. The molecule has 0 spiro atoms. The molecule has 0 saturated carbocycles. The SMILES string of the molecule is CCOC(=O)Nc1cc(S(=O)(=O)NCCC(C)C)ccc1OC. The second-order valence-electron chi connectivity index (χ2n) is 5.29. The van der Waals surface area contributed by atoms with Crippen molar-refractivity contribution >= 4 is 21.8 Å². The summed E-state index contributed by atoms with van der Waals surface area (Å²) in [6.07, 6.45) is 0.0664. The number of amides is 1. The number of rotatable bonds is 8. The van der Waals surface area contributed by atoms with Crippen LogP contribution in [0.15, 0.2) is 23.1 Å². The van der Waals surface area contributed by atoms with E-state index >= 15 is 0 Å². The van der Waals surface area contributed by atoms with Crippen molar-refractivity contribution in [3.63, 3.8) is 0 Å². The number of carbonyl (C=O) groups excluding carboxylic acids is 1. The van der Waals surface area contributed by atoms with Crippen LogP contribution in [0, 0.1) is 5.92 Å². The molecule has 0 aliphatic rings. The van der Waals surface area contributed by atoms with E-state index in [1.165, 1.54) is 25.3 Å². The maximum atomic E-state index is 12.3. The molecule has 0 unspecified atom stereocenters. The Balaban J connectivity index is 2.97. The molecule has 1 amide bonds. The average molecular weight is 344 g/mol. The minimum Gasteiger partial charge on any atom is -0.495 e. The molecule has 0 saturated heterocycles. The molecule has 8 heteroatoms. The van der Waals surface area contributed by atoms with Gasteiger partial charge in [-0.3, -0.25) is 5.32 Å². The first kappa shape index (κ1) is 19.2. The van der Waals surface area contributed by atoms with Gasteiger partial charge in [0.2, 0.25) is 10.0 Å². The summed E-state index contributed by atoms with van der Waals surface area (Å²) in [5.41, 5.74) is 0.234. The van der Waals surface area contributed by atoms with Gasteiger partial charge >= 0.3 is 6.09 Å². The first-order chi connectivity index (χ1) is 10.8. The number of carbonyl (C=O) groups is 1. The van der Waals surface area contributed by atoms with Gasteiger partial charge in [0, 0.05) is 6.54 Å². The number of benzene rings is 1. The van der Waals surface area contributed by atoms with Crippen LogP contribution in [0.5, 0.6) is 5.75 Å². The lowest BCUT2D eigenvalue weighted by atomic mass is 10.1. The van der Waals surface area contributed by atoms with Gasteiger partial charge in [-0.15, -0.1) is 0 Å². The van der Waals surface area contributed by atoms with E-state index in [2.05, 4.69) is 10.0 Å². The maximum absolute atomic E-state index is 12.3. The van der Waals surface area contributed by atoms with Crippen LogP contribution in [0.1, 0.15) is 27.2 Å². The molecule has 1 rings (SSSR count). The number of hydrogen-bond acceptors (Lipinski definition) is 5. The summed E-state index contributed by atoms with van der Waals surface area (Å²) in [6.45, 7) is 6.28. The molecule has 0 fully saturated rings. The van der Waals surface area contributed by atoms with Crippen molar-refractivity contribution in [2.24, 2.45) is 5.92 Å². The highest BCUT2D eigenvalue weighted by Gasteiger charge is 2.17. The summed E-state index contributed by atoms with van der Waals surface area (Å²) in [7, 11) is -2.22. The van der Waals surface area contributed by atoms with Crippen molar-refractivity contribution in [1.29, 1.82) is 0 Å². The van der Waals surface area contributed by atoms with Crippen LogP contribution in [-0.2, 0) is 14.8 Å². The fourth-order valence-electron chi connectivity index (χ4n) is 1.79. The largest absolute Gasteiger partial charge is 0.495 e. The minimum absolute atomic E-state index is 0.0499. The average Bonchev–Trinajstić information content (AvgIpc) is 2.46. The standard InChI is InChI=1S/C15H24N2O5S/c1-5-22-15(18)17-13-10-12(6-7-14(13)21-4)23(19,20)16-9-8-11(2)3/h6-7,10-11,16H,5,8-9H2,1-4H3,(H,17,18). The second-order valence-corrected chi connectivity index (χ2v) is 7.05. The van der Waals surface area contributed by atoms with Crippen LogP contribution in [0.2, 0.25) is 0 Å². The Morgan fingerprint density at radius 3 is 2.57 bits per heavy atom. The maximum Gasteiger partial charge on any atom is 0.411 e. The third kappa shape index (κ3) is 6.07. The zero-order chi connectivity index (χ0) is 17.5. The molecule has 2 N–H and O–H groups in total. The van der Waals surface area contributed by atoms with Crippen molar-refractivity contribution in [2.75, 3.05) is 25.6 Å². The fourth-order valence-corrected chi connectivity index (χ4v) is 2.87. The lowest BCUT2D eigenvalue weighted by Gasteiger charge is -2.13. The Morgan fingerprint density at radius 2 is 2.00 bits per heavy atom. The normalized spacial score (nSPS) is 11.3. The first-order valence-corrected chi connectivity index (χ1v) is 8.90. The predicted molar refractivity (Wildman–Crippen MR) is 88.3 cm³/mol. The second kappa shape index (κ2) is 8.73. The molecule has 0 aromatic heterocycles. The Labute approximate surface area is 137 Å². The molecule has 0 atom stereocenters. The van der Waals surface area contributed by atoms with Crippen LogP contribution in [-0.4, -0.2) is 34.8 Å². The van der Waals surface area contributed by atoms with Gasteiger partial charge in [0.1, 0.15) is 5.75 Å². The van der Waals surface area contributed by atoms with Gasteiger partial charge in [0.15, 0.2) is 0 Å². The molecule has 0 radical (unpaired) electrons. The molecule has 0 aliphatic heterocycles. The van der Waals surface area contributed by atoms with Crippen molar-refractivity contribution in [1.82, 2.24) is 4.72 Å². The van der Waals surface area contributed by atoms with E-state index in [0.29, 0.717) is 18.2 Å². The van der Waals surface area contributed by atoms with Gasteiger partial charge in [-0.05, 0) is 37.5 Å². The third-order valence-electron chi connectivity index (χ3n) is 3.01. The fraction of sp³-hybridized carbons (Fsp3) is 0.533. The quantitative estimate of drug-likeness (QED) is 0.756. The monoisotopic (exact) mass is 344 g/mol. The summed E-state index contributed by atoms with van der Waals surface area (Å²) in [5, 5.41) is 2.47. The molecular weight excluding hydrogens is 320 g/mol. The number of hydrogen-bond donors (Lipinski definition) is 2. The van der Waals surface area contributed by atoms with E-state index in [1.807, 2.05) is 13.8 Å². The summed E-state index contributed by atoms with van der Waals surface area (Å²) in [4.78, 5) is 11.6. The van der Waals surface area contributed by atoms with Gasteiger partial charge in [0.05, 0.1) is 24.3 Å². The zero-order valence-electron chi connectivity index (χ0n) is 13.9.